The van der Waals surface area contributed by atoms with Gasteiger partial charge in [0.1, 0.15) is 5.76 Å². The van der Waals surface area contributed by atoms with E-state index in [4.69, 9.17) is 4.42 Å². The lowest BCUT2D eigenvalue weighted by molar-refractivity contribution is -0.123. The van der Waals surface area contributed by atoms with Crippen LogP contribution in [0, 0.1) is 52.3 Å². The van der Waals surface area contributed by atoms with E-state index in [1.165, 1.54) is 64.2 Å². The van der Waals surface area contributed by atoms with E-state index in [2.05, 4.69) is 34.6 Å². The number of fused-ring (bicyclic) bond motifs is 5. The predicted molar refractivity (Wildman–Crippen MR) is 145 cm³/mol. The average molecular weight is 479 g/mol. The first-order chi connectivity index (χ1) is 16.7. The van der Waals surface area contributed by atoms with Gasteiger partial charge in [-0.2, -0.15) is 0 Å². The first kappa shape index (κ1) is 25.3. The Kier molecular flexibility index (Phi) is 7.14. The molecule has 0 bridgehead atoms. The molecule has 0 spiro atoms. The van der Waals surface area contributed by atoms with Crippen molar-refractivity contribution < 1.29 is 9.21 Å². The molecule has 0 aliphatic heterocycles. The third kappa shape index (κ3) is 4.61. The molecule has 4 fully saturated rings. The lowest BCUT2D eigenvalue weighted by Crippen LogP contribution is -2.52. The van der Waals surface area contributed by atoms with Crippen molar-refractivity contribution >= 4 is 11.9 Å². The molecular formula is C33H50O2. The molecule has 35 heavy (non-hydrogen) atoms. The zero-order valence-corrected chi connectivity index (χ0v) is 23.2. The average Bonchev–Trinajstić information content (AvgIpc) is 3.42. The highest BCUT2D eigenvalue weighted by molar-refractivity contribution is 5.99. The van der Waals surface area contributed by atoms with Gasteiger partial charge in [0.15, 0.2) is 5.78 Å². The van der Waals surface area contributed by atoms with Crippen LogP contribution < -0.4 is 0 Å². The van der Waals surface area contributed by atoms with Gasteiger partial charge < -0.3 is 4.42 Å². The molecule has 1 aromatic rings. The standard InChI is InChI=1S/C33H50O2/c1-22(2)8-6-9-23(3)28-13-14-29-27-12-11-25-21-31(34)24(20-26-10-7-19-35-26)15-17-32(25,4)30(27)16-18-33(28,29)5/h7,10,19-20,22-23,25,27-30H,6,8-9,11-18,21H2,1-5H3/b24-20+/t23-,25+,27+,28+,29-,30+,32+,33-/m1/s1. The van der Waals surface area contributed by atoms with Crippen molar-refractivity contribution in [3.05, 3.63) is 29.7 Å². The van der Waals surface area contributed by atoms with E-state index >= 15 is 0 Å². The summed E-state index contributed by atoms with van der Waals surface area (Å²) in [6, 6.07) is 3.89. The van der Waals surface area contributed by atoms with Gasteiger partial charge in [-0.3, -0.25) is 4.79 Å². The second kappa shape index (κ2) is 9.86. The molecule has 2 nitrogen and oxygen atoms in total. The molecule has 5 rings (SSSR count). The Morgan fingerprint density at radius 3 is 2.54 bits per heavy atom. The number of carbonyl (C=O) groups excluding carboxylic acids is 1. The summed E-state index contributed by atoms with van der Waals surface area (Å²) in [5.74, 6) is 7.00. The van der Waals surface area contributed by atoms with Gasteiger partial charge in [-0.15, -0.1) is 0 Å². The van der Waals surface area contributed by atoms with Crippen molar-refractivity contribution in [2.24, 2.45) is 52.3 Å². The second-order valence-electron chi connectivity index (χ2n) is 14.0. The molecule has 1 aromatic heterocycles. The zero-order valence-electron chi connectivity index (χ0n) is 23.2. The molecule has 194 valence electrons. The molecule has 2 heteroatoms. The molecular weight excluding hydrogens is 428 g/mol. The van der Waals surface area contributed by atoms with E-state index in [-0.39, 0.29) is 0 Å². The number of hydrogen-bond donors (Lipinski definition) is 0. The summed E-state index contributed by atoms with van der Waals surface area (Å²) < 4.78 is 5.55. The maximum absolute atomic E-state index is 13.3. The van der Waals surface area contributed by atoms with Crippen LogP contribution in [0.4, 0.5) is 0 Å². The molecule has 0 saturated heterocycles. The smallest absolute Gasteiger partial charge is 0.159 e. The number of rotatable bonds is 6. The number of allylic oxidation sites excluding steroid dienone is 1. The molecule has 0 amide bonds. The number of ketones is 1. The van der Waals surface area contributed by atoms with Gasteiger partial charge in [0.2, 0.25) is 0 Å². The van der Waals surface area contributed by atoms with Crippen LogP contribution in [-0.4, -0.2) is 5.78 Å². The molecule has 4 saturated carbocycles. The van der Waals surface area contributed by atoms with Crippen LogP contribution in [0.5, 0.6) is 0 Å². The lowest BCUT2D eigenvalue weighted by Gasteiger charge is -2.59. The number of furan rings is 1. The van der Waals surface area contributed by atoms with Gasteiger partial charge >= 0.3 is 0 Å². The highest BCUT2D eigenvalue weighted by Gasteiger charge is 2.60. The maximum Gasteiger partial charge on any atom is 0.159 e. The Balaban J connectivity index is 1.31. The van der Waals surface area contributed by atoms with Crippen LogP contribution in [0.1, 0.15) is 117 Å². The van der Waals surface area contributed by atoms with E-state index in [0.29, 0.717) is 22.5 Å². The zero-order chi connectivity index (χ0) is 24.8. The van der Waals surface area contributed by atoms with Crippen molar-refractivity contribution in [3.63, 3.8) is 0 Å². The van der Waals surface area contributed by atoms with E-state index in [9.17, 15) is 4.79 Å². The molecule has 0 N–H and O–H groups in total. The number of hydrogen-bond acceptors (Lipinski definition) is 2. The van der Waals surface area contributed by atoms with Crippen molar-refractivity contribution in [1.29, 1.82) is 0 Å². The van der Waals surface area contributed by atoms with Crippen LogP contribution in [0.15, 0.2) is 28.4 Å². The van der Waals surface area contributed by atoms with Crippen molar-refractivity contribution in [3.8, 4) is 0 Å². The third-order valence-electron chi connectivity index (χ3n) is 11.8. The van der Waals surface area contributed by atoms with Crippen LogP contribution in [0.25, 0.3) is 6.08 Å². The normalized spacial score (nSPS) is 41.4. The van der Waals surface area contributed by atoms with Crippen molar-refractivity contribution in [1.82, 2.24) is 0 Å². The molecule has 0 radical (unpaired) electrons. The number of Topliss-reactive ketones (excluding diaryl/α,β-unsaturated/α-hetero) is 1. The van der Waals surface area contributed by atoms with Gasteiger partial charge in [-0.05, 0) is 127 Å². The molecule has 4 aliphatic carbocycles. The Labute approximate surface area is 214 Å². The van der Waals surface area contributed by atoms with E-state index in [1.54, 1.807) is 6.26 Å². The fraction of sp³-hybridized carbons (Fsp3) is 0.788. The fourth-order valence-corrected chi connectivity index (χ4v) is 9.88. The molecule has 0 unspecified atom stereocenters. The van der Waals surface area contributed by atoms with E-state index in [1.807, 2.05) is 18.2 Å². The third-order valence-corrected chi connectivity index (χ3v) is 11.8. The Morgan fingerprint density at radius 2 is 1.80 bits per heavy atom. The summed E-state index contributed by atoms with van der Waals surface area (Å²) in [6.07, 6.45) is 19.2. The van der Waals surface area contributed by atoms with Gasteiger partial charge in [-0.25, -0.2) is 0 Å². The van der Waals surface area contributed by atoms with Crippen LogP contribution >= 0.6 is 0 Å². The van der Waals surface area contributed by atoms with Crippen LogP contribution in [0.2, 0.25) is 0 Å². The number of carbonyl (C=O) groups is 1. The van der Waals surface area contributed by atoms with E-state index in [0.717, 1.165) is 59.7 Å². The minimum absolute atomic E-state index is 0.319. The second-order valence-corrected chi connectivity index (χ2v) is 14.0. The maximum atomic E-state index is 13.3. The Bertz CT molecular complexity index is 910. The summed E-state index contributed by atoms with van der Waals surface area (Å²) in [5.41, 5.74) is 1.87. The largest absolute Gasteiger partial charge is 0.465 e. The topological polar surface area (TPSA) is 30.2 Å². The first-order valence-electron chi connectivity index (χ1n) is 15.0. The Morgan fingerprint density at radius 1 is 1.00 bits per heavy atom. The van der Waals surface area contributed by atoms with Gasteiger partial charge in [0.25, 0.3) is 0 Å². The van der Waals surface area contributed by atoms with E-state index < -0.39 is 0 Å². The highest BCUT2D eigenvalue weighted by atomic mass is 16.3. The molecule has 0 aromatic carbocycles. The summed E-state index contributed by atoms with van der Waals surface area (Å²) in [4.78, 5) is 13.3. The lowest BCUT2D eigenvalue weighted by atomic mass is 9.46. The van der Waals surface area contributed by atoms with Gasteiger partial charge in [0.05, 0.1) is 6.26 Å². The van der Waals surface area contributed by atoms with Crippen LogP contribution in [-0.2, 0) is 4.79 Å². The molecule has 1 heterocycles. The summed E-state index contributed by atoms with van der Waals surface area (Å²) in [5, 5.41) is 0. The molecule has 4 aliphatic rings. The first-order valence-corrected chi connectivity index (χ1v) is 15.0. The van der Waals surface area contributed by atoms with Crippen molar-refractivity contribution in [2.45, 2.75) is 112 Å². The minimum atomic E-state index is 0.319. The van der Waals surface area contributed by atoms with Crippen molar-refractivity contribution in [2.75, 3.05) is 0 Å². The SMILES string of the molecule is CC(C)CCC[C@@H](C)[C@@H]1CC[C@@H]2[C@@H]3CC[C@H]4CC(=O)/C(=C/c5ccco5)CC[C@]4(C)[C@H]3CC[C@@]21C. The Hall–Kier alpha value is -1.31. The summed E-state index contributed by atoms with van der Waals surface area (Å²) in [6.45, 7) is 12.6. The summed E-state index contributed by atoms with van der Waals surface area (Å²) >= 11 is 0. The van der Waals surface area contributed by atoms with Crippen LogP contribution in [0.3, 0.4) is 0 Å². The predicted octanol–water partition coefficient (Wildman–Crippen LogP) is 9.35. The monoisotopic (exact) mass is 478 g/mol. The van der Waals surface area contributed by atoms with Gasteiger partial charge in [0, 0.05) is 6.42 Å². The molecule has 8 atom stereocenters. The fourth-order valence-electron chi connectivity index (χ4n) is 9.88. The quantitative estimate of drug-likeness (QED) is 0.381. The minimum Gasteiger partial charge on any atom is -0.465 e. The summed E-state index contributed by atoms with van der Waals surface area (Å²) in [7, 11) is 0. The highest BCUT2D eigenvalue weighted by Crippen LogP contribution is 2.68. The van der Waals surface area contributed by atoms with Gasteiger partial charge in [-0.1, -0.05) is 53.9 Å².